The molecule has 1 saturated carbocycles. The van der Waals surface area contributed by atoms with Crippen LogP contribution in [-0.2, 0) is 6.54 Å². The summed E-state index contributed by atoms with van der Waals surface area (Å²) in [4.78, 5) is 2.18. The van der Waals surface area contributed by atoms with Crippen molar-refractivity contribution in [2.45, 2.75) is 51.1 Å². The molecule has 0 bridgehead atoms. The molecule has 1 N–H and O–H groups in total. The van der Waals surface area contributed by atoms with Crippen LogP contribution in [0, 0.1) is 5.82 Å². The fourth-order valence-corrected chi connectivity index (χ4v) is 2.94. The summed E-state index contributed by atoms with van der Waals surface area (Å²) in [5.74, 6) is -0.101. The SMILES string of the molecule is CN(CCNC1CCCCCC1)Cc1ccccc1F. The Morgan fingerprint density at radius 1 is 1.15 bits per heavy atom. The van der Waals surface area contributed by atoms with Crippen molar-refractivity contribution in [3.8, 4) is 0 Å². The lowest BCUT2D eigenvalue weighted by Gasteiger charge is -2.21. The Morgan fingerprint density at radius 3 is 2.55 bits per heavy atom. The first-order valence-corrected chi connectivity index (χ1v) is 7.91. The van der Waals surface area contributed by atoms with Crippen LogP contribution in [0.3, 0.4) is 0 Å². The Kier molecular flexibility index (Phi) is 6.48. The number of halogens is 1. The number of rotatable bonds is 6. The lowest BCUT2D eigenvalue weighted by atomic mass is 10.1. The number of benzene rings is 1. The van der Waals surface area contributed by atoms with Gasteiger partial charge >= 0.3 is 0 Å². The lowest BCUT2D eigenvalue weighted by molar-refractivity contribution is 0.307. The van der Waals surface area contributed by atoms with Crippen LogP contribution in [0.2, 0.25) is 0 Å². The monoisotopic (exact) mass is 278 g/mol. The molecule has 0 heterocycles. The first kappa shape index (κ1) is 15.5. The molecule has 1 aromatic rings. The maximum Gasteiger partial charge on any atom is 0.127 e. The Labute approximate surface area is 122 Å². The minimum atomic E-state index is -0.101. The average molecular weight is 278 g/mol. The molecule has 2 rings (SSSR count). The smallest absolute Gasteiger partial charge is 0.127 e. The predicted octanol–water partition coefficient (Wildman–Crippen LogP) is 3.57. The van der Waals surface area contributed by atoms with E-state index >= 15 is 0 Å². The third kappa shape index (κ3) is 5.22. The van der Waals surface area contributed by atoms with Crippen LogP contribution in [0.15, 0.2) is 24.3 Å². The molecule has 0 aliphatic heterocycles. The minimum Gasteiger partial charge on any atom is -0.313 e. The zero-order valence-electron chi connectivity index (χ0n) is 12.6. The van der Waals surface area contributed by atoms with Gasteiger partial charge in [-0.15, -0.1) is 0 Å². The van der Waals surface area contributed by atoms with Gasteiger partial charge in [0.2, 0.25) is 0 Å². The van der Waals surface area contributed by atoms with Gasteiger partial charge in [-0.3, -0.25) is 0 Å². The van der Waals surface area contributed by atoms with Gasteiger partial charge in [0.25, 0.3) is 0 Å². The number of hydrogen-bond donors (Lipinski definition) is 1. The molecule has 112 valence electrons. The third-order valence-corrected chi connectivity index (χ3v) is 4.18. The molecule has 0 aromatic heterocycles. The lowest BCUT2D eigenvalue weighted by Crippen LogP contribution is -2.35. The van der Waals surface area contributed by atoms with E-state index in [9.17, 15) is 4.39 Å². The van der Waals surface area contributed by atoms with Crippen molar-refractivity contribution < 1.29 is 4.39 Å². The molecule has 0 unspecified atom stereocenters. The Bertz CT molecular complexity index is 386. The quantitative estimate of drug-likeness (QED) is 0.800. The van der Waals surface area contributed by atoms with Crippen LogP contribution >= 0.6 is 0 Å². The highest BCUT2D eigenvalue weighted by Crippen LogP contribution is 2.17. The van der Waals surface area contributed by atoms with Gasteiger partial charge in [-0.1, -0.05) is 43.9 Å². The maximum absolute atomic E-state index is 13.6. The fraction of sp³-hybridized carbons (Fsp3) is 0.647. The van der Waals surface area contributed by atoms with E-state index in [2.05, 4.69) is 17.3 Å². The zero-order chi connectivity index (χ0) is 14.2. The van der Waals surface area contributed by atoms with Crippen molar-refractivity contribution in [1.29, 1.82) is 0 Å². The highest BCUT2D eigenvalue weighted by molar-refractivity contribution is 5.16. The standard InChI is InChI=1S/C17H27FN2/c1-20(14-15-8-6-7-11-17(15)18)13-12-19-16-9-4-2-3-5-10-16/h6-8,11,16,19H,2-5,9-10,12-14H2,1H3. The van der Waals surface area contributed by atoms with Crippen molar-refractivity contribution in [1.82, 2.24) is 10.2 Å². The summed E-state index contributed by atoms with van der Waals surface area (Å²) in [5.41, 5.74) is 0.782. The molecule has 0 radical (unpaired) electrons. The molecule has 2 nitrogen and oxygen atoms in total. The molecule has 0 spiro atoms. The van der Waals surface area contributed by atoms with Crippen molar-refractivity contribution >= 4 is 0 Å². The highest BCUT2D eigenvalue weighted by atomic mass is 19.1. The summed E-state index contributed by atoms with van der Waals surface area (Å²) in [7, 11) is 2.06. The zero-order valence-corrected chi connectivity index (χ0v) is 12.6. The van der Waals surface area contributed by atoms with Gasteiger partial charge in [0.1, 0.15) is 5.82 Å². The molecule has 1 aromatic carbocycles. The van der Waals surface area contributed by atoms with Gasteiger partial charge in [0, 0.05) is 31.2 Å². The van der Waals surface area contributed by atoms with E-state index < -0.39 is 0 Å². The second-order valence-electron chi connectivity index (χ2n) is 5.97. The predicted molar refractivity (Wildman–Crippen MR) is 82.2 cm³/mol. The van der Waals surface area contributed by atoms with Gasteiger partial charge in [-0.05, 0) is 26.0 Å². The van der Waals surface area contributed by atoms with Crippen LogP contribution in [0.25, 0.3) is 0 Å². The van der Waals surface area contributed by atoms with Crippen LogP contribution in [0.1, 0.15) is 44.1 Å². The first-order chi connectivity index (χ1) is 9.75. The second-order valence-corrected chi connectivity index (χ2v) is 5.97. The number of nitrogens with one attached hydrogen (secondary N) is 1. The van der Waals surface area contributed by atoms with E-state index in [1.807, 2.05) is 12.1 Å². The Hall–Kier alpha value is -0.930. The summed E-state index contributed by atoms with van der Waals surface area (Å²) in [6.45, 7) is 2.64. The van der Waals surface area contributed by atoms with Crippen molar-refractivity contribution in [2.75, 3.05) is 20.1 Å². The summed E-state index contributed by atoms with van der Waals surface area (Å²) in [6.07, 6.45) is 8.15. The van der Waals surface area contributed by atoms with Crippen LogP contribution in [0.4, 0.5) is 4.39 Å². The van der Waals surface area contributed by atoms with Crippen LogP contribution in [-0.4, -0.2) is 31.1 Å². The second kappa shape index (κ2) is 8.38. The van der Waals surface area contributed by atoms with E-state index in [0.29, 0.717) is 12.6 Å². The molecular formula is C17H27FN2. The van der Waals surface area contributed by atoms with Crippen molar-refractivity contribution in [3.05, 3.63) is 35.6 Å². The van der Waals surface area contributed by atoms with E-state index in [0.717, 1.165) is 18.7 Å². The molecule has 0 saturated heterocycles. The van der Waals surface area contributed by atoms with Gasteiger partial charge < -0.3 is 10.2 Å². The van der Waals surface area contributed by atoms with E-state index in [1.54, 1.807) is 6.07 Å². The molecule has 20 heavy (non-hydrogen) atoms. The minimum absolute atomic E-state index is 0.101. The number of likely N-dealkylation sites (N-methyl/N-ethyl adjacent to an activating group) is 1. The highest BCUT2D eigenvalue weighted by Gasteiger charge is 2.11. The van der Waals surface area contributed by atoms with E-state index in [-0.39, 0.29) is 5.82 Å². The van der Waals surface area contributed by atoms with Crippen LogP contribution in [0.5, 0.6) is 0 Å². The van der Waals surface area contributed by atoms with Gasteiger partial charge in [0.05, 0.1) is 0 Å². The molecule has 1 aliphatic carbocycles. The first-order valence-electron chi connectivity index (χ1n) is 7.91. The Morgan fingerprint density at radius 2 is 1.85 bits per heavy atom. The summed E-state index contributed by atoms with van der Waals surface area (Å²) in [6, 6.07) is 7.74. The van der Waals surface area contributed by atoms with E-state index in [1.165, 1.54) is 44.6 Å². The topological polar surface area (TPSA) is 15.3 Å². The molecule has 0 amide bonds. The largest absolute Gasteiger partial charge is 0.313 e. The summed E-state index contributed by atoms with van der Waals surface area (Å²) in [5, 5.41) is 3.66. The van der Waals surface area contributed by atoms with Crippen molar-refractivity contribution in [3.63, 3.8) is 0 Å². The maximum atomic E-state index is 13.6. The average Bonchev–Trinajstić information content (AvgIpc) is 2.70. The van der Waals surface area contributed by atoms with Crippen LogP contribution < -0.4 is 5.32 Å². The Balaban J connectivity index is 1.67. The van der Waals surface area contributed by atoms with Gasteiger partial charge in [-0.25, -0.2) is 4.39 Å². The van der Waals surface area contributed by atoms with Gasteiger partial charge in [0.15, 0.2) is 0 Å². The fourth-order valence-electron chi connectivity index (χ4n) is 2.94. The summed E-state index contributed by atoms with van der Waals surface area (Å²) < 4.78 is 13.6. The van der Waals surface area contributed by atoms with Gasteiger partial charge in [-0.2, -0.15) is 0 Å². The normalized spacial score (nSPS) is 17.4. The van der Waals surface area contributed by atoms with E-state index in [4.69, 9.17) is 0 Å². The molecule has 1 aliphatic rings. The molecule has 1 fully saturated rings. The molecule has 0 atom stereocenters. The third-order valence-electron chi connectivity index (χ3n) is 4.18. The summed E-state index contributed by atoms with van der Waals surface area (Å²) >= 11 is 0. The molecular weight excluding hydrogens is 251 g/mol. The number of nitrogens with zero attached hydrogens (tertiary/aromatic N) is 1. The molecule has 3 heteroatoms. The van der Waals surface area contributed by atoms with Crippen molar-refractivity contribution in [2.24, 2.45) is 0 Å². The number of hydrogen-bond acceptors (Lipinski definition) is 2.